The van der Waals surface area contributed by atoms with Gasteiger partial charge in [0.05, 0.1) is 16.6 Å². The van der Waals surface area contributed by atoms with E-state index in [1.54, 1.807) is 12.4 Å². The average Bonchev–Trinajstić information content (AvgIpc) is 3.20. The zero-order chi connectivity index (χ0) is 21.8. The fourth-order valence-electron chi connectivity index (χ4n) is 4.74. The van der Waals surface area contributed by atoms with Crippen LogP contribution in [0.15, 0.2) is 109 Å². The van der Waals surface area contributed by atoms with Crippen molar-refractivity contribution < 1.29 is 0 Å². The van der Waals surface area contributed by atoms with E-state index in [1.165, 1.54) is 21.5 Å². The van der Waals surface area contributed by atoms with Crippen molar-refractivity contribution in [3.63, 3.8) is 0 Å². The molecule has 154 valence electrons. The average molecular weight is 422 g/mol. The van der Waals surface area contributed by atoms with E-state index < -0.39 is 0 Å². The van der Waals surface area contributed by atoms with Crippen LogP contribution in [0.5, 0.6) is 0 Å². The summed E-state index contributed by atoms with van der Waals surface area (Å²) in [5, 5.41) is 5.90. The van der Waals surface area contributed by atoms with Crippen molar-refractivity contribution in [2.24, 2.45) is 0 Å². The van der Waals surface area contributed by atoms with Gasteiger partial charge < -0.3 is 0 Å². The lowest BCUT2D eigenvalue weighted by molar-refractivity contribution is 1.07. The van der Waals surface area contributed by atoms with Crippen molar-refractivity contribution in [1.82, 2.24) is 19.5 Å². The molecule has 0 unspecified atom stereocenters. The summed E-state index contributed by atoms with van der Waals surface area (Å²) in [6.07, 6.45) is 3.56. The van der Waals surface area contributed by atoms with Crippen LogP contribution in [0, 0.1) is 0 Å². The third kappa shape index (κ3) is 2.74. The summed E-state index contributed by atoms with van der Waals surface area (Å²) in [5.41, 5.74) is 4.14. The van der Waals surface area contributed by atoms with Crippen LogP contribution in [0.25, 0.3) is 60.7 Å². The second-order valence-electron chi connectivity index (χ2n) is 8.19. The van der Waals surface area contributed by atoms with Gasteiger partial charge in [0.1, 0.15) is 5.82 Å². The molecular weight excluding hydrogens is 404 g/mol. The summed E-state index contributed by atoms with van der Waals surface area (Å²) in [6.45, 7) is 0. The van der Waals surface area contributed by atoms with Gasteiger partial charge in [0.2, 0.25) is 0 Å². The molecule has 0 radical (unpaired) electrons. The largest absolute Gasteiger partial charge is 0.293 e. The number of hydrogen-bond acceptors (Lipinski definition) is 3. The van der Waals surface area contributed by atoms with Crippen molar-refractivity contribution in [3.05, 3.63) is 109 Å². The number of hydrogen-bond donors (Lipinski definition) is 0. The summed E-state index contributed by atoms with van der Waals surface area (Å²) >= 11 is 0. The third-order valence-electron chi connectivity index (χ3n) is 6.27. The standard InChI is InChI=1S/C29H18N4/c1-2-8-21-18-27-24(17-20(21)7-1)22-9-4-6-12-26(22)33(27)29-23-10-3-5-11-25(23)31-28(32-29)19-13-15-30-16-14-19/h1-18H. The lowest BCUT2D eigenvalue weighted by atomic mass is 10.1. The van der Waals surface area contributed by atoms with Crippen LogP contribution >= 0.6 is 0 Å². The van der Waals surface area contributed by atoms with Gasteiger partial charge in [-0.1, -0.05) is 54.6 Å². The van der Waals surface area contributed by atoms with E-state index in [-0.39, 0.29) is 0 Å². The maximum atomic E-state index is 5.12. The van der Waals surface area contributed by atoms with Gasteiger partial charge in [-0.3, -0.25) is 9.55 Å². The lowest BCUT2D eigenvalue weighted by Crippen LogP contribution is -2.02. The first-order valence-electron chi connectivity index (χ1n) is 11.0. The Morgan fingerprint density at radius 3 is 2.09 bits per heavy atom. The SMILES string of the molecule is c1ccc2cc3c(cc2c1)c1ccccc1n3-c1nc(-c2ccncc2)nc2ccccc12. The Balaban J connectivity index is 1.66. The van der Waals surface area contributed by atoms with Crippen LogP contribution in [0.3, 0.4) is 0 Å². The van der Waals surface area contributed by atoms with Gasteiger partial charge in [-0.25, -0.2) is 9.97 Å². The molecule has 0 saturated carbocycles. The predicted molar refractivity (Wildman–Crippen MR) is 135 cm³/mol. The van der Waals surface area contributed by atoms with E-state index in [2.05, 4.69) is 82.3 Å². The zero-order valence-corrected chi connectivity index (χ0v) is 17.7. The second kappa shape index (κ2) is 6.97. The molecule has 0 aliphatic rings. The molecule has 0 amide bonds. The predicted octanol–water partition coefficient (Wildman–Crippen LogP) is 6.94. The van der Waals surface area contributed by atoms with Crippen LogP contribution in [-0.4, -0.2) is 19.5 Å². The van der Waals surface area contributed by atoms with E-state index in [4.69, 9.17) is 9.97 Å². The smallest absolute Gasteiger partial charge is 0.162 e. The van der Waals surface area contributed by atoms with Crippen molar-refractivity contribution >= 4 is 43.5 Å². The normalized spacial score (nSPS) is 11.6. The number of pyridine rings is 1. The van der Waals surface area contributed by atoms with Gasteiger partial charge >= 0.3 is 0 Å². The van der Waals surface area contributed by atoms with Gasteiger partial charge in [-0.15, -0.1) is 0 Å². The van der Waals surface area contributed by atoms with Crippen molar-refractivity contribution in [1.29, 1.82) is 0 Å². The Kier molecular flexibility index (Phi) is 3.81. The first-order valence-corrected chi connectivity index (χ1v) is 11.0. The summed E-state index contributed by atoms with van der Waals surface area (Å²) in [7, 11) is 0. The molecule has 7 aromatic rings. The number of fused-ring (bicyclic) bond motifs is 5. The number of aromatic nitrogens is 4. The van der Waals surface area contributed by atoms with Gasteiger partial charge in [0.25, 0.3) is 0 Å². The van der Waals surface area contributed by atoms with E-state index in [1.807, 2.05) is 24.3 Å². The van der Waals surface area contributed by atoms with Crippen LogP contribution in [0.4, 0.5) is 0 Å². The Bertz CT molecular complexity index is 1820. The number of para-hydroxylation sites is 2. The highest BCUT2D eigenvalue weighted by molar-refractivity contribution is 6.14. The van der Waals surface area contributed by atoms with Crippen molar-refractivity contribution in [3.8, 4) is 17.2 Å². The Morgan fingerprint density at radius 1 is 0.545 bits per heavy atom. The van der Waals surface area contributed by atoms with E-state index in [0.717, 1.165) is 33.3 Å². The van der Waals surface area contributed by atoms with E-state index in [9.17, 15) is 0 Å². The number of rotatable bonds is 2. The van der Waals surface area contributed by atoms with Crippen LogP contribution < -0.4 is 0 Å². The lowest BCUT2D eigenvalue weighted by Gasteiger charge is -2.12. The summed E-state index contributed by atoms with van der Waals surface area (Å²) in [4.78, 5) is 14.1. The minimum atomic E-state index is 0.692. The molecule has 0 aliphatic heterocycles. The van der Waals surface area contributed by atoms with Gasteiger partial charge in [-0.05, 0) is 53.2 Å². The van der Waals surface area contributed by atoms with Crippen LogP contribution in [-0.2, 0) is 0 Å². The molecule has 0 bridgehead atoms. The van der Waals surface area contributed by atoms with E-state index >= 15 is 0 Å². The number of benzene rings is 4. The molecular formula is C29H18N4. The molecule has 3 heterocycles. The molecule has 4 aromatic carbocycles. The minimum absolute atomic E-state index is 0.692. The number of nitrogens with zero attached hydrogens (tertiary/aromatic N) is 4. The maximum Gasteiger partial charge on any atom is 0.162 e. The van der Waals surface area contributed by atoms with Gasteiger partial charge in [0, 0.05) is 34.1 Å². The highest BCUT2D eigenvalue weighted by Gasteiger charge is 2.17. The van der Waals surface area contributed by atoms with Gasteiger partial charge in [-0.2, -0.15) is 0 Å². The Morgan fingerprint density at radius 2 is 1.24 bits per heavy atom. The van der Waals surface area contributed by atoms with Crippen molar-refractivity contribution in [2.75, 3.05) is 0 Å². The van der Waals surface area contributed by atoms with Crippen LogP contribution in [0.2, 0.25) is 0 Å². The Hall–Kier alpha value is -4.57. The summed E-state index contributed by atoms with van der Waals surface area (Å²) < 4.78 is 2.28. The second-order valence-corrected chi connectivity index (χ2v) is 8.19. The summed E-state index contributed by atoms with van der Waals surface area (Å²) in [6, 6.07) is 33.7. The monoisotopic (exact) mass is 422 g/mol. The van der Waals surface area contributed by atoms with Crippen LogP contribution in [0.1, 0.15) is 0 Å². The fourth-order valence-corrected chi connectivity index (χ4v) is 4.74. The highest BCUT2D eigenvalue weighted by atomic mass is 15.1. The van der Waals surface area contributed by atoms with Gasteiger partial charge in [0.15, 0.2) is 5.82 Å². The molecule has 3 aromatic heterocycles. The quantitative estimate of drug-likeness (QED) is 0.303. The summed E-state index contributed by atoms with van der Waals surface area (Å²) in [5.74, 6) is 1.58. The van der Waals surface area contributed by atoms with Crippen molar-refractivity contribution in [2.45, 2.75) is 0 Å². The fraction of sp³-hybridized carbons (Fsp3) is 0. The first-order chi connectivity index (χ1) is 16.4. The molecule has 0 spiro atoms. The molecule has 33 heavy (non-hydrogen) atoms. The molecule has 7 rings (SSSR count). The minimum Gasteiger partial charge on any atom is -0.293 e. The molecule has 0 fully saturated rings. The maximum absolute atomic E-state index is 5.12. The van der Waals surface area contributed by atoms with E-state index in [0.29, 0.717) is 5.82 Å². The molecule has 0 aliphatic carbocycles. The third-order valence-corrected chi connectivity index (χ3v) is 6.27. The highest BCUT2D eigenvalue weighted by Crippen LogP contribution is 2.36. The molecule has 4 heteroatoms. The zero-order valence-electron chi connectivity index (χ0n) is 17.7. The molecule has 0 saturated heterocycles. The molecule has 4 nitrogen and oxygen atoms in total. The Labute approximate surface area is 189 Å². The molecule has 0 atom stereocenters. The first kappa shape index (κ1) is 18.0. The topological polar surface area (TPSA) is 43.6 Å². The molecule has 0 N–H and O–H groups in total.